The molecule has 136 valence electrons. The SMILES string of the molecule is [2H][C@]1(O[C@H]2O[C@H](CO)[C@@H](O)C(O)C2O)OC(CO)[C@@H](O)[C@H](O)C1O. The van der Waals surface area contributed by atoms with Crippen molar-refractivity contribution in [2.75, 3.05) is 13.2 Å². The number of aliphatic hydroxyl groups excluding tert-OH is 8. The van der Waals surface area contributed by atoms with Crippen molar-refractivity contribution >= 4 is 0 Å². The highest BCUT2D eigenvalue weighted by Crippen LogP contribution is 2.27. The number of hydrogen-bond donors (Lipinski definition) is 8. The van der Waals surface area contributed by atoms with Crippen molar-refractivity contribution in [3.63, 3.8) is 0 Å². The predicted octanol–water partition coefficient (Wildman–Crippen LogP) is -5.40. The van der Waals surface area contributed by atoms with Gasteiger partial charge in [0.05, 0.1) is 14.6 Å². The highest BCUT2D eigenvalue weighted by molar-refractivity contribution is 4.92. The summed E-state index contributed by atoms with van der Waals surface area (Å²) in [4.78, 5) is 0. The largest absolute Gasteiger partial charge is 0.394 e. The zero-order valence-electron chi connectivity index (χ0n) is 12.9. The second-order valence-electron chi connectivity index (χ2n) is 5.40. The van der Waals surface area contributed by atoms with Crippen LogP contribution in [0.4, 0.5) is 0 Å². The van der Waals surface area contributed by atoms with Gasteiger partial charge in [0.2, 0.25) is 0 Å². The average molecular weight is 343 g/mol. The standard InChI is InChI=1S/C12H22O11/c13-1-3-5(15)7(17)9(19)11(21-3)23-12-10(20)8(18)6(16)4(2-14)22-12/h3-20H,1-2H2/t3-,4?,5-,6-,7?,8+,9?,10?,11-,12-/m1/s1/i11D/t3?,4-,5-,6-,7+,8?,9?,10?,11-,12-. The lowest BCUT2D eigenvalue weighted by molar-refractivity contribution is -0.376. The van der Waals surface area contributed by atoms with Crippen LogP contribution in [0.15, 0.2) is 0 Å². The zero-order valence-corrected chi connectivity index (χ0v) is 11.9. The van der Waals surface area contributed by atoms with Crippen LogP contribution in [0.1, 0.15) is 1.37 Å². The smallest absolute Gasteiger partial charge is 0.189 e. The molecule has 10 atom stereocenters. The Morgan fingerprint density at radius 1 is 0.696 bits per heavy atom. The van der Waals surface area contributed by atoms with E-state index in [0.29, 0.717) is 0 Å². The van der Waals surface area contributed by atoms with Gasteiger partial charge in [-0.05, 0) is 0 Å². The van der Waals surface area contributed by atoms with E-state index in [9.17, 15) is 30.6 Å². The second kappa shape index (κ2) is 7.63. The summed E-state index contributed by atoms with van der Waals surface area (Å²) in [5, 5.41) is 76.7. The van der Waals surface area contributed by atoms with Gasteiger partial charge < -0.3 is 55.1 Å². The molecule has 0 aromatic rings. The Balaban J connectivity index is 2.18. The van der Waals surface area contributed by atoms with E-state index in [4.69, 9.17) is 25.8 Å². The molecule has 2 aliphatic heterocycles. The maximum absolute atomic E-state index is 9.91. The van der Waals surface area contributed by atoms with Crippen molar-refractivity contribution in [3.05, 3.63) is 0 Å². The molecule has 8 N–H and O–H groups in total. The molecule has 0 bridgehead atoms. The lowest BCUT2D eigenvalue weighted by Crippen LogP contribution is -2.63. The van der Waals surface area contributed by atoms with Crippen molar-refractivity contribution < 1.29 is 56.4 Å². The topological polar surface area (TPSA) is 190 Å². The van der Waals surface area contributed by atoms with Gasteiger partial charge in [0, 0.05) is 0 Å². The Hall–Kier alpha value is -0.440. The first-order valence-electron chi connectivity index (χ1n) is 7.47. The number of hydrogen-bond acceptors (Lipinski definition) is 11. The number of aliphatic hydroxyl groups is 8. The number of rotatable bonds is 4. The van der Waals surface area contributed by atoms with E-state index in [-0.39, 0.29) is 0 Å². The molecule has 0 amide bonds. The van der Waals surface area contributed by atoms with Crippen molar-refractivity contribution in [3.8, 4) is 0 Å². The Morgan fingerprint density at radius 3 is 1.70 bits per heavy atom. The summed E-state index contributed by atoms with van der Waals surface area (Å²) in [6, 6.07) is 0. The number of ether oxygens (including phenoxy) is 3. The maximum Gasteiger partial charge on any atom is 0.189 e. The molecule has 2 aliphatic rings. The molecule has 2 rings (SSSR count). The fraction of sp³-hybridized carbons (Fsp3) is 1.00. The van der Waals surface area contributed by atoms with Gasteiger partial charge in [0.25, 0.3) is 0 Å². The van der Waals surface area contributed by atoms with Crippen molar-refractivity contribution in [2.45, 2.75) is 61.4 Å². The van der Waals surface area contributed by atoms with Crippen LogP contribution in [0.2, 0.25) is 0 Å². The lowest BCUT2D eigenvalue weighted by Gasteiger charge is -2.44. The lowest BCUT2D eigenvalue weighted by atomic mass is 9.98. The highest BCUT2D eigenvalue weighted by Gasteiger charge is 2.49. The molecule has 11 nitrogen and oxygen atoms in total. The molecule has 0 spiro atoms. The van der Waals surface area contributed by atoms with Gasteiger partial charge in [-0.1, -0.05) is 0 Å². The third-order valence-corrected chi connectivity index (χ3v) is 3.82. The van der Waals surface area contributed by atoms with Crippen molar-refractivity contribution in [1.29, 1.82) is 0 Å². The van der Waals surface area contributed by atoms with Crippen molar-refractivity contribution in [2.24, 2.45) is 0 Å². The summed E-state index contributed by atoms with van der Waals surface area (Å²) in [5.74, 6) is 0. The quantitative estimate of drug-likeness (QED) is 0.243. The first kappa shape index (κ1) is 17.4. The average Bonchev–Trinajstić information content (AvgIpc) is 2.57. The molecule has 0 aliphatic carbocycles. The summed E-state index contributed by atoms with van der Waals surface area (Å²) in [6.45, 7) is -1.54. The molecule has 4 unspecified atom stereocenters. The first-order valence-corrected chi connectivity index (χ1v) is 6.97. The fourth-order valence-electron chi connectivity index (χ4n) is 2.36. The van der Waals surface area contributed by atoms with E-state index < -0.39 is 74.6 Å². The highest BCUT2D eigenvalue weighted by atomic mass is 16.8. The third kappa shape index (κ3) is 3.65. The van der Waals surface area contributed by atoms with Crippen molar-refractivity contribution in [1.82, 2.24) is 0 Å². The van der Waals surface area contributed by atoms with Crippen LogP contribution < -0.4 is 0 Å². The summed E-state index contributed by atoms with van der Waals surface area (Å²) >= 11 is 0. The molecule has 0 radical (unpaired) electrons. The Labute approximate surface area is 132 Å². The van der Waals surface area contributed by atoms with E-state index in [1.165, 1.54) is 0 Å². The minimum atomic E-state index is -2.76. The van der Waals surface area contributed by atoms with E-state index in [1.54, 1.807) is 0 Å². The molecule has 2 fully saturated rings. The Bertz CT molecular complexity index is 424. The van der Waals surface area contributed by atoms with Gasteiger partial charge in [-0.25, -0.2) is 0 Å². The molecular formula is C12H22O11. The zero-order chi connectivity index (χ0) is 18.2. The summed E-state index contributed by atoms with van der Waals surface area (Å²) in [6.07, 6.45) is -18.4. The summed E-state index contributed by atoms with van der Waals surface area (Å²) in [5.41, 5.74) is 0. The minimum Gasteiger partial charge on any atom is -0.394 e. The molecule has 23 heavy (non-hydrogen) atoms. The molecular weight excluding hydrogens is 320 g/mol. The van der Waals surface area contributed by atoms with Gasteiger partial charge in [-0.2, -0.15) is 0 Å². The van der Waals surface area contributed by atoms with Crippen LogP contribution in [-0.2, 0) is 14.2 Å². The van der Waals surface area contributed by atoms with Gasteiger partial charge in [-0.15, -0.1) is 0 Å². The third-order valence-electron chi connectivity index (χ3n) is 3.82. The molecule has 2 heterocycles. The van der Waals surface area contributed by atoms with E-state index in [2.05, 4.69) is 0 Å². The van der Waals surface area contributed by atoms with E-state index in [1.807, 2.05) is 0 Å². The van der Waals surface area contributed by atoms with Crippen LogP contribution in [0.3, 0.4) is 0 Å². The normalized spacial score (nSPS) is 55.5. The van der Waals surface area contributed by atoms with Gasteiger partial charge in [0.15, 0.2) is 12.6 Å². The predicted molar refractivity (Wildman–Crippen MR) is 68.6 cm³/mol. The van der Waals surface area contributed by atoms with Gasteiger partial charge >= 0.3 is 0 Å². The molecule has 0 aromatic heterocycles. The van der Waals surface area contributed by atoms with Crippen LogP contribution in [0, 0.1) is 0 Å². The summed E-state index contributed by atoms with van der Waals surface area (Å²) < 4.78 is 22.9. The van der Waals surface area contributed by atoms with Gasteiger partial charge in [-0.3, -0.25) is 0 Å². The van der Waals surface area contributed by atoms with E-state index in [0.717, 1.165) is 0 Å². The van der Waals surface area contributed by atoms with Gasteiger partial charge in [0.1, 0.15) is 48.8 Å². The second-order valence-corrected chi connectivity index (χ2v) is 5.40. The summed E-state index contributed by atoms with van der Waals surface area (Å²) in [7, 11) is 0. The Morgan fingerprint density at radius 2 is 1.17 bits per heavy atom. The molecule has 11 heteroatoms. The molecule has 0 saturated carbocycles. The molecule has 0 aromatic carbocycles. The van der Waals surface area contributed by atoms with Crippen LogP contribution >= 0.6 is 0 Å². The van der Waals surface area contributed by atoms with Crippen LogP contribution in [-0.4, -0.2) is 115 Å². The minimum absolute atomic E-state index is 0.736. The molecule has 2 saturated heterocycles. The first-order chi connectivity index (χ1) is 11.2. The van der Waals surface area contributed by atoms with E-state index >= 15 is 0 Å². The fourth-order valence-corrected chi connectivity index (χ4v) is 2.36. The van der Waals surface area contributed by atoms with Crippen LogP contribution in [0.5, 0.6) is 0 Å². The monoisotopic (exact) mass is 343 g/mol. The van der Waals surface area contributed by atoms with Crippen LogP contribution in [0.25, 0.3) is 0 Å². The maximum atomic E-state index is 9.91. The Kier molecular flexibility index (Phi) is 5.77.